The van der Waals surface area contributed by atoms with Crippen LogP contribution >= 0.6 is 0 Å². The lowest BCUT2D eigenvalue weighted by Gasteiger charge is -2.47. The molecule has 1 fully saturated rings. The molecular weight excluding hydrogens is 290 g/mol. The summed E-state index contributed by atoms with van der Waals surface area (Å²) in [4.78, 5) is 0. The summed E-state index contributed by atoms with van der Waals surface area (Å²) < 4.78 is 11.0. The van der Waals surface area contributed by atoms with E-state index in [2.05, 4.69) is 18.3 Å². The third-order valence-corrected chi connectivity index (χ3v) is 5.29. The van der Waals surface area contributed by atoms with E-state index in [0.717, 1.165) is 31.0 Å². The van der Waals surface area contributed by atoms with Crippen LogP contribution < -0.4 is 14.8 Å². The van der Waals surface area contributed by atoms with Gasteiger partial charge in [-0.15, -0.1) is 0 Å². The quantitative estimate of drug-likeness (QED) is 0.694. The van der Waals surface area contributed by atoms with Gasteiger partial charge in [0.05, 0.1) is 13.7 Å². The number of benzene rings is 1. The highest BCUT2D eigenvalue weighted by Crippen LogP contribution is 2.47. The second-order valence-electron chi connectivity index (χ2n) is 6.65. The highest BCUT2D eigenvalue weighted by molar-refractivity contribution is 5.42. The summed E-state index contributed by atoms with van der Waals surface area (Å²) in [7, 11) is 1.68. The molecule has 1 aliphatic rings. The van der Waals surface area contributed by atoms with Crippen LogP contribution in [0.1, 0.15) is 45.1 Å². The molecule has 1 unspecified atom stereocenters. The predicted octanol–water partition coefficient (Wildman–Crippen LogP) is 3.37. The summed E-state index contributed by atoms with van der Waals surface area (Å²) in [5, 5.41) is 12.8. The molecular formula is C19H31NO3. The zero-order valence-electron chi connectivity index (χ0n) is 14.7. The van der Waals surface area contributed by atoms with E-state index in [1.807, 2.05) is 19.1 Å². The summed E-state index contributed by atoms with van der Waals surface area (Å²) in [5.74, 6) is 2.16. The van der Waals surface area contributed by atoms with Crippen molar-refractivity contribution in [2.24, 2.45) is 11.3 Å². The van der Waals surface area contributed by atoms with E-state index < -0.39 is 0 Å². The molecule has 0 aromatic heterocycles. The van der Waals surface area contributed by atoms with Crippen molar-refractivity contribution in [3.8, 4) is 11.5 Å². The van der Waals surface area contributed by atoms with E-state index in [9.17, 15) is 5.11 Å². The third-order valence-electron chi connectivity index (χ3n) is 5.29. The minimum atomic E-state index is 0.291. The van der Waals surface area contributed by atoms with Gasteiger partial charge in [-0.05, 0) is 55.2 Å². The first-order valence-electron chi connectivity index (χ1n) is 8.76. The lowest BCUT2D eigenvalue weighted by atomic mass is 9.60. The molecule has 1 aromatic rings. The lowest BCUT2D eigenvalue weighted by Crippen LogP contribution is -2.44. The molecule has 1 atom stereocenters. The van der Waals surface area contributed by atoms with E-state index in [1.54, 1.807) is 7.11 Å². The predicted molar refractivity (Wildman–Crippen MR) is 93.0 cm³/mol. The van der Waals surface area contributed by atoms with Crippen molar-refractivity contribution in [3.05, 3.63) is 23.8 Å². The minimum Gasteiger partial charge on any atom is -0.493 e. The van der Waals surface area contributed by atoms with Crippen molar-refractivity contribution in [2.45, 2.75) is 46.1 Å². The van der Waals surface area contributed by atoms with Crippen molar-refractivity contribution in [1.29, 1.82) is 0 Å². The molecule has 0 saturated heterocycles. The van der Waals surface area contributed by atoms with Crippen molar-refractivity contribution < 1.29 is 14.6 Å². The van der Waals surface area contributed by atoms with Gasteiger partial charge in [0, 0.05) is 19.7 Å². The van der Waals surface area contributed by atoms with Crippen molar-refractivity contribution >= 4 is 0 Å². The van der Waals surface area contributed by atoms with Crippen LogP contribution in [0.4, 0.5) is 0 Å². The van der Waals surface area contributed by atoms with Crippen LogP contribution in [-0.2, 0) is 6.54 Å². The van der Waals surface area contributed by atoms with Gasteiger partial charge in [-0.2, -0.15) is 0 Å². The zero-order chi connectivity index (χ0) is 16.7. The molecule has 1 saturated carbocycles. The Hall–Kier alpha value is -1.26. The summed E-state index contributed by atoms with van der Waals surface area (Å²) in [6.07, 6.45) is 4.76. The Morgan fingerprint density at radius 2 is 2.09 bits per heavy atom. The van der Waals surface area contributed by atoms with Gasteiger partial charge < -0.3 is 19.9 Å². The number of nitrogens with one attached hydrogen (secondary N) is 1. The number of aliphatic hydroxyl groups excluding tert-OH is 1. The molecule has 0 amide bonds. The first-order chi connectivity index (χ1) is 11.1. The monoisotopic (exact) mass is 321 g/mol. The van der Waals surface area contributed by atoms with Gasteiger partial charge in [0.15, 0.2) is 11.5 Å². The van der Waals surface area contributed by atoms with Crippen LogP contribution in [0.15, 0.2) is 18.2 Å². The van der Waals surface area contributed by atoms with Crippen LogP contribution in [0, 0.1) is 11.3 Å². The van der Waals surface area contributed by atoms with Gasteiger partial charge in [-0.25, -0.2) is 0 Å². The van der Waals surface area contributed by atoms with Crippen LogP contribution in [0.3, 0.4) is 0 Å². The maximum Gasteiger partial charge on any atom is 0.161 e. The molecule has 1 aliphatic carbocycles. The first-order valence-corrected chi connectivity index (χ1v) is 8.76. The average molecular weight is 321 g/mol. The molecule has 0 radical (unpaired) electrons. The molecule has 0 aliphatic heterocycles. The van der Waals surface area contributed by atoms with Crippen LogP contribution in [0.25, 0.3) is 0 Å². The maximum absolute atomic E-state index is 9.20. The fraction of sp³-hybridized carbons (Fsp3) is 0.684. The molecule has 23 heavy (non-hydrogen) atoms. The van der Waals surface area contributed by atoms with E-state index in [-0.39, 0.29) is 0 Å². The standard InChI is InChI=1S/C19H31NO3/c1-4-23-17-7-6-16(12-18(17)22-3)13-20-14-19(9-5-10-19)15(2)8-11-21/h6-7,12,15,20-21H,4-5,8-11,13-14H2,1-3H3. The lowest BCUT2D eigenvalue weighted by molar-refractivity contribution is 0.0427. The van der Waals surface area contributed by atoms with Gasteiger partial charge >= 0.3 is 0 Å². The highest BCUT2D eigenvalue weighted by atomic mass is 16.5. The Labute approximate surface area is 140 Å². The fourth-order valence-corrected chi connectivity index (χ4v) is 3.53. The summed E-state index contributed by atoms with van der Waals surface area (Å²) >= 11 is 0. The highest BCUT2D eigenvalue weighted by Gasteiger charge is 2.40. The Bertz CT molecular complexity index is 486. The average Bonchev–Trinajstić information content (AvgIpc) is 2.51. The van der Waals surface area contributed by atoms with E-state index >= 15 is 0 Å². The molecule has 2 N–H and O–H groups in total. The Morgan fingerprint density at radius 3 is 2.65 bits per heavy atom. The number of methoxy groups -OCH3 is 1. The van der Waals surface area contributed by atoms with Gasteiger partial charge in [0.1, 0.15) is 0 Å². The Kier molecular flexibility index (Phi) is 6.72. The molecule has 130 valence electrons. The number of aliphatic hydroxyl groups is 1. The Balaban J connectivity index is 1.90. The van der Waals surface area contributed by atoms with Crippen LogP contribution in [-0.4, -0.2) is 32.0 Å². The number of ether oxygens (including phenoxy) is 2. The van der Waals surface area contributed by atoms with Crippen LogP contribution in [0.5, 0.6) is 11.5 Å². The fourth-order valence-electron chi connectivity index (χ4n) is 3.53. The second-order valence-corrected chi connectivity index (χ2v) is 6.65. The van der Waals surface area contributed by atoms with Gasteiger partial charge in [-0.1, -0.05) is 19.4 Å². The van der Waals surface area contributed by atoms with E-state index in [1.165, 1.54) is 24.8 Å². The normalized spacial score (nSPS) is 17.4. The number of hydrogen-bond donors (Lipinski definition) is 2. The molecule has 2 rings (SSSR count). The van der Waals surface area contributed by atoms with Crippen molar-refractivity contribution in [2.75, 3.05) is 26.9 Å². The number of rotatable bonds is 10. The minimum absolute atomic E-state index is 0.291. The summed E-state index contributed by atoms with van der Waals surface area (Å²) in [6, 6.07) is 6.11. The molecule has 4 heteroatoms. The second kappa shape index (κ2) is 8.55. The van der Waals surface area contributed by atoms with Crippen molar-refractivity contribution in [3.63, 3.8) is 0 Å². The molecule has 1 aromatic carbocycles. The topological polar surface area (TPSA) is 50.7 Å². The largest absolute Gasteiger partial charge is 0.493 e. The van der Waals surface area contributed by atoms with Crippen LogP contribution in [0.2, 0.25) is 0 Å². The summed E-state index contributed by atoms with van der Waals surface area (Å²) in [5.41, 5.74) is 1.58. The van der Waals surface area contributed by atoms with E-state index in [4.69, 9.17) is 9.47 Å². The zero-order valence-corrected chi connectivity index (χ0v) is 14.7. The molecule has 0 heterocycles. The van der Waals surface area contributed by atoms with Gasteiger partial charge in [0.25, 0.3) is 0 Å². The first kappa shape index (κ1) is 18.1. The molecule has 0 bridgehead atoms. The summed E-state index contributed by atoms with van der Waals surface area (Å²) in [6.45, 7) is 7.02. The Morgan fingerprint density at radius 1 is 1.30 bits per heavy atom. The van der Waals surface area contributed by atoms with Crippen molar-refractivity contribution in [1.82, 2.24) is 5.32 Å². The molecule has 4 nitrogen and oxygen atoms in total. The van der Waals surface area contributed by atoms with Gasteiger partial charge in [-0.3, -0.25) is 0 Å². The maximum atomic E-state index is 9.20. The SMILES string of the molecule is CCOc1ccc(CNCC2(C(C)CCO)CCC2)cc1OC. The molecule has 0 spiro atoms. The number of hydrogen-bond acceptors (Lipinski definition) is 4. The van der Waals surface area contributed by atoms with E-state index in [0.29, 0.717) is 24.5 Å². The smallest absolute Gasteiger partial charge is 0.161 e. The third kappa shape index (κ3) is 4.39. The van der Waals surface area contributed by atoms with Gasteiger partial charge in [0.2, 0.25) is 0 Å².